The number of rotatable bonds is 5. The smallest absolute Gasteiger partial charge is 0.243 e. The summed E-state index contributed by atoms with van der Waals surface area (Å²) in [6.07, 6.45) is 13.7. The molecule has 0 aromatic heterocycles. The lowest BCUT2D eigenvalue weighted by Crippen LogP contribution is -2.58. The molecule has 1 aromatic rings. The number of allylic oxidation sites excluding steroid dienone is 2. The van der Waals surface area contributed by atoms with Crippen molar-refractivity contribution in [2.24, 2.45) is 17.3 Å². The van der Waals surface area contributed by atoms with Crippen LogP contribution < -0.4 is 10.6 Å². The highest BCUT2D eigenvalue weighted by Crippen LogP contribution is 2.36. The first kappa shape index (κ1) is 26.9. The molecule has 3 atom stereocenters. The third-order valence-electron chi connectivity index (χ3n) is 9.36. The molecule has 1 spiro atoms. The normalized spacial score (nSPS) is 29.2. The van der Waals surface area contributed by atoms with Crippen LogP contribution in [0.2, 0.25) is 0 Å². The van der Waals surface area contributed by atoms with Crippen LogP contribution >= 0.6 is 0 Å². The van der Waals surface area contributed by atoms with Crippen LogP contribution in [0.1, 0.15) is 69.8 Å². The Morgan fingerprint density at radius 1 is 1.03 bits per heavy atom. The van der Waals surface area contributed by atoms with Crippen LogP contribution in [-0.4, -0.2) is 61.0 Å². The molecule has 7 nitrogen and oxygen atoms in total. The Bertz CT molecular complexity index is 1000. The highest BCUT2D eigenvalue weighted by atomic mass is 16.5. The maximum Gasteiger partial charge on any atom is 0.243 e. The van der Waals surface area contributed by atoms with E-state index in [4.69, 9.17) is 4.74 Å². The van der Waals surface area contributed by atoms with Gasteiger partial charge >= 0.3 is 0 Å². The zero-order valence-electron chi connectivity index (χ0n) is 22.5. The number of carbonyl (C=O) groups is 3. The van der Waals surface area contributed by atoms with E-state index in [9.17, 15) is 14.4 Å². The van der Waals surface area contributed by atoms with Crippen LogP contribution in [0.25, 0.3) is 0 Å². The second-order valence-electron chi connectivity index (χ2n) is 11.9. The van der Waals surface area contributed by atoms with Gasteiger partial charge in [0.05, 0.1) is 5.41 Å². The summed E-state index contributed by atoms with van der Waals surface area (Å²) >= 11 is 0. The molecule has 2 saturated heterocycles. The van der Waals surface area contributed by atoms with Crippen LogP contribution in [-0.2, 0) is 25.5 Å². The minimum absolute atomic E-state index is 0.0190. The molecule has 3 amide bonds. The fraction of sp³-hybridized carbons (Fsp3) is 0.645. The van der Waals surface area contributed by atoms with Gasteiger partial charge in [0.2, 0.25) is 17.7 Å². The molecular formula is C31H43N3O4. The molecule has 206 valence electrons. The van der Waals surface area contributed by atoms with E-state index in [2.05, 4.69) is 22.8 Å². The minimum atomic E-state index is -0.643. The quantitative estimate of drug-likeness (QED) is 0.578. The summed E-state index contributed by atoms with van der Waals surface area (Å²) in [6.45, 7) is 2.46. The van der Waals surface area contributed by atoms with E-state index < -0.39 is 11.5 Å². The fourth-order valence-electron chi connectivity index (χ4n) is 6.47. The molecule has 0 unspecified atom stereocenters. The number of amides is 3. The van der Waals surface area contributed by atoms with Crippen LogP contribution in [0.3, 0.4) is 0 Å². The number of benzene rings is 1. The van der Waals surface area contributed by atoms with Crippen molar-refractivity contribution in [1.29, 1.82) is 0 Å². The first-order chi connectivity index (χ1) is 18.5. The Morgan fingerprint density at radius 2 is 1.82 bits per heavy atom. The third kappa shape index (κ3) is 6.48. The van der Waals surface area contributed by atoms with Gasteiger partial charge in [-0.2, -0.15) is 0 Å². The zero-order chi connectivity index (χ0) is 26.4. The molecule has 0 bridgehead atoms. The number of fused-ring (bicyclic) bond motifs is 1. The Morgan fingerprint density at radius 3 is 2.55 bits per heavy atom. The second kappa shape index (κ2) is 12.5. The van der Waals surface area contributed by atoms with Crippen LogP contribution in [0, 0.1) is 17.3 Å². The van der Waals surface area contributed by atoms with Crippen molar-refractivity contribution in [2.75, 3.05) is 26.3 Å². The van der Waals surface area contributed by atoms with Crippen molar-refractivity contribution in [3.05, 3.63) is 48.0 Å². The summed E-state index contributed by atoms with van der Waals surface area (Å²) in [4.78, 5) is 42.4. The number of piperidine rings is 1. The highest BCUT2D eigenvalue weighted by molar-refractivity contribution is 5.90. The Hall–Kier alpha value is -2.67. The summed E-state index contributed by atoms with van der Waals surface area (Å²) < 4.78 is 5.59. The number of carbonyl (C=O) groups excluding carboxylic acids is 3. The lowest BCUT2D eigenvalue weighted by molar-refractivity contribution is -0.140. The molecule has 7 heteroatoms. The van der Waals surface area contributed by atoms with E-state index in [1.165, 1.54) is 19.3 Å². The molecule has 1 aromatic carbocycles. The average molecular weight is 522 g/mol. The summed E-state index contributed by atoms with van der Waals surface area (Å²) in [6, 6.07) is 9.22. The molecule has 0 radical (unpaired) electrons. The second-order valence-corrected chi connectivity index (χ2v) is 11.9. The van der Waals surface area contributed by atoms with Gasteiger partial charge in [-0.1, -0.05) is 61.7 Å². The topological polar surface area (TPSA) is 87.7 Å². The largest absolute Gasteiger partial charge is 0.381 e. The van der Waals surface area contributed by atoms with Gasteiger partial charge in [0.1, 0.15) is 6.04 Å². The Labute approximate surface area is 226 Å². The molecule has 38 heavy (non-hydrogen) atoms. The van der Waals surface area contributed by atoms with Gasteiger partial charge in [-0.15, -0.1) is 0 Å². The molecule has 4 aliphatic rings. The van der Waals surface area contributed by atoms with Crippen molar-refractivity contribution in [3.63, 3.8) is 0 Å². The van der Waals surface area contributed by atoms with Crippen molar-refractivity contribution in [3.8, 4) is 0 Å². The van der Waals surface area contributed by atoms with E-state index in [1.54, 1.807) is 0 Å². The molecule has 1 saturated carbocycles. The molecular weight excluding hydrogens is 478 g/mol. The number of nitrogens with one attached hydrogen (secondary N) is 2. The van der Waals surface area contributed by atoms with Gasteiger partial charge in [0, 0.05) is 51.1 Å². The molecule has 3 heterocycles. The summed E-state index contributed by atoms with van der Waals surface area (Å²) in [5.74, 6) is 0.968. The first-order valence-corrected chi connectivity index (χ1v) is 14.7. The van der Waals surface area contributed by atoms with Gasteiger partial charge in [-0.05, 0) is 50.0 Å². The Balaban J connectivity index is 1.33. The fourth-order valence-corrected chi connectivity index (χ4v) is 6.47. The standard InChI is InChI=1S/C31H43N3O4/c35-28(13-12-23-9-6-10-23)34-18-14-26-25(22-34)11-4-5-15-31(16-19-38-20-17-31)30(37)33-27(29(36)32-26)21-24-7-2-1-3-8-24/h1-5,7-8,23,25-27H,6,9-22H2,(H,32,36)(H,33,37)/b5-4+/t25-,26+,27-/m1/s1. The SMILES string of the molecule is O=C1N[C@H]2CCN(C(=O)CCC3CCC3)C[C@H]2C/C=C/CC2(CCOCC2)C(=O)N[C@@H]1Cc1ccccc1. The van der Waals surface area contributed by atoms with Crippen LogP contribution in [0.5, 0.6) is 0 Å². The highest BCUT2D eigenvalue weighted by Gasteiger charge is 2.41. The van der Waals surface area contributed by atoms with E-state index in [0.29, 0.717) is 58.4 Å². The first-order valence-electron chi connectivity index (χ1n) is 14.7. The predicted octanol–water partition coefficient (Wildman–Crippen LogP) is 3.77. The third-order valence-corrected chi connectivity index (χ3v) is 9.36. The number of ether oxygens (including phenoxy) is 1. The number of hydrogen-bond donors (Lipinski definition) is 2. The van der Waals surface area contributed by atoms with E-state index in [0.717, 1.165) is 30.7 Å². The molecule has 3 fully saturated rings. The molecule has 3 aliphatic heterocycles. The van der Waals surface area contributed by atoms with Gasteiger partial charge in [-0.25, -0.2) is 0 Å². The van der Waals surface area contributed by atoms with Crippen LogP contribution in [0.4, 0.5) is 0 Å². The van der Waals surface area contributed by atoms with Gasteiger partial charge in [-0.3, -0.25) is 14.4 Å². The van der Waals surface area contributed by atoms with Crippen LogP contribution in [0.15, 0.2) is 42.5 Å². The monoisotopic (exact) mass is 521 g/mol. The van der Waals surface area contributed by atoms with Crippen molar-refractivity contribution < 1.29 is 19.1 Å². The lowest BCUT2D eigenvalue weighted by atomic mass is 9.75. The number of hydrogen-bond acceptors (Lipinski definition) is 4. The van der Waals surface area contributed by atoms with Gasteiger partial charge in [0.15, 0.2) is 0 Å². The number of nitrogens with zero attached hydrogens (tertiary/aromatic N) is 1. The summed E-state index contributed by atoms with van der Waals surface area (Å²) in [5, 5.41) is 6.45. The van der Waals surface area contributed by atoms with Crippen molar-refractivity contribution in [2.45, 2.75) is 82.7 Å². The maximum atomic E-state index is 13.7. The van der Waals surface area contributed by atoms with Gasteiger partial charge in [0.25, 0.3) is 0 Å². The van der Waals surface area contributed by atoms with Crippen molar-refractivity contribution in [1.82, 2.24) is 15.5 Å². The summed E-state index contributed by atoms with van der Waals surface area (Å²) in [5.41, 5.74) is 0.461. The van der Waals surface area contributed by atoms with E-state index >= 15 is 0 Å². The van der Waals surface area contributed by atoms with Gasteiger partial charge < -0.3 is 20.3 Å². The lowest BCUT2D eigenvalue weighted by Gasteiger charge is -2.40. The van der Waals surface area contributed by atoms with Crippen molar-refractivity contribution >= 4 is 17.7 Å². The van der Waals surface area contributed by atoms with E-state index in [1.807, 2.05) is 35.2 Å². The predicted molar refractivity (Wildman–Crippen MR) is 146 cm³/mol. The van der Waals surface area contributed by atoms with E-state index in [-0.39, 0.29) is 29.7 Å². The average Bonchev–Trinajstić information content (AvgIpc) is 2.91. The minimum Gasteiger partial charge on any atom is -0.381 e. The molecule has 1 aliphatic carbocycles. The molecule has 2 N–H and O–H groups in total. The summed E-state index contributed by atoms with van der Waals surface area (Å²) in [7, 11) is 0. The zero-order valence-corrected chi connectivity index (χ0v) is 22.5. The molecule has 5 rings (SSSR count). The Kier molecular flexibility index (Phi) is 8.82. The maximum absolute atomic E-state index is 13.7. The number of likely N-dealkylation sites (tertiary alicyclic amines) is 1.